The SMILES string of the molecule is Cc1ccccc1-c1nnn(CC(=O)NC(=O)NCc2ccccc2)n1. The second-order valence-electron chi connectivity index (χ2n) is 5.67. The van der Waals surface area contributed by atoms with Crippen molar-refractivity contribution in [3.8, 4) is 11.4 Å². The van der Waals surface area contributed by atoms with Crippen LogP contribution in [0.25, 0.3) is 11.4 Å². The highest BCUT2D eigenvalue weighted by molar-refractivity contribution is 5.94. The fourth-order valence-corrected chi connectivity index (χ4v) is 2.36. The zero-order valence-electron chi connectivity index (χ0n) is 14.2. The number of amides is 3. The largest absolute Gasteiger partial charge is 0.334 e. The average Bonchev–Trinajstić information content (AvgIpc) is 3.09. The van der Waals surface area contributed by atoms with Gasteiger partial charge in [0.15, 0.2) is 0 Å². The van der Waals surface area contributed by atoms with E-state index in [0.29, 0.717) is 12.4 Å². The normalized spacial score (nSPS) is 10.3. The van der Waals surface area contributed by atoms with Crippen molar-refractivity contribution in [3.63, 3.8) is 0 Å². The van der Waals surface area contributed by atoms with E-state index in [1.165, 1.54) is 0 Å². The molecular formula is C18H18N6O2. The summed E-state index contributed by atoms with van der Waals surface area (Å²) in [5.41, 5.74) is 2.80. The number of hydrogen-bond acceptors (Lipinski definition) is 5. The van der Waals surface area contributed by atoms with Crippen LogP contribution in [0.2, 0.25) is 0 Å². The molecule has 2 N–H and O–H groups in total. The number of nitrogens with one attached hydrogen (secondary N) is 2. The first kappa shape index (κ1) is 17.3. The monoisotopic (exact) mass is 350 g/mol. The van der Waals surface area contributed by atoms with Crippen LogP contribution in [0, 0.1) is 6.92 Å². The molecule has 1 heterocycles. The molecule has 0 radical (unpaired) electrons. The summed E-state index contributed by atoms with van der Waals surface area (Å²) in [6.07, 6.45) is 0. The standard InChI is InChI=1S/C18H18N6O2/c1-13-7-5-6-10-15(13)17-21-23-24(22-17)12-16(25)20-18(26)19-11-14-8-3-2-4-9-14/h2-10H,11-12H2,1H3,(H2,19,20,25,26). The fourth-order valence-electron chi connectivity index (χ4n) is 2.36. The van der Waals surface area contributed by atoms with Crippen LogP contribution in [0.4, 0.5) is 4.79 Å². The maximum absolute atomic E-state index is 11.9. The van der Waals surface area contributed by atoms with Crippen molar-refractivity contribution >= 4 is 11.9 Å². The van der Waals surface area contributed by atoms with Crippen LogP contribution < -0.4 is 10.6 Å². The van der Waals surface area contributed by atoms with Gasteiger partial charge < -0.3 is 5.32 Å². The van der Waals surface area contributed by atoms with Gasteiger partial charge in [-0.25, -0.2) is 4.79 Å². The van der Waals surface area contributed by atoms with E-state index in [-0.39, 0.29) is 6.54 Å². The van der Waals surface area contributed by atoms with Crippen LogP contribution in [0.15, 0.2) is 54.6 Å². The number of nitrogens with zero attached hydrogens (tertiary/aromatic N) is 4. The van der Waals surface area contributed by atoms with Gasteiger partial charge in [-0.3, -0.25) is 10.1 Å². The molecule has 3 rings (SSSR count). The van der Waals surface area contributed by atoms with Crippen molar-refractivity contribution in [1.29, 1.82) is 0 Å². The van der Waals surface area contributed by atoms with E-state index in [1.807, 2.05) is 61.5 Å². The van der Waals surface area contributed by atoms with Crippen LogP contribution in [0.5, 0.6) is 0 Å². The fraction of sp³-hybridized carbons (Fsp3) is 0.167. The number of rotatable bonds is 5. The van der Waals surface area contributed by atoms with E-state index in [0.717, 1.165) is 21.5 Å². The topological polar surface area (TPSA) is 102 Å². The van der Waals surface area contributed by atoms with Gasteiger partial charge >= 0.3 is 6.03 Å². The van der Waals surface area contributed by atoms with Crippen molar-refractivity contribution in [1.82, 2.24) is 30.8 Å². The average molecular weight is 350 g/mol. The third-order valence-corrected chi connectivity index (χ3v) is 3.67. The van der Waals surface area contributed by atoms with Crippen molar-refractivity contribution in [2.24, 2.45) is 0 Å². The van der Waals surface area contributed by atoms with Crippen molar-refractivity contribution in [2.45, 2.75) is 20.0 Å². The quantitative estimate of drug-likeness (QED) is 0.729. The minimum atomic E-state index is -0.571. The number of tetrazole rings is 1. The number of carbonyl (C=O) groups excluding carboxylic acids is 2. The number of imide groups is 1. The minimum absolute atomic E-state index is 0.197. The van der Waals surface area contributed by atoms with Gasteiger partial charge in [0.1, 0.15) is 6.54 Å². The first-order valence-corrected chi connectivity index (χ1v) is 8.07. The maximum atomic E-state index is 11.9. The Balaban J connectivity index is 1.52. The predicted molar refractivity (Wildman–Crippen MR) is 94.8 cm³/mol. The van der Waals surface area contributed by atoms with E-state index in [2.05, 4.69) is 26.0 Å². The van der Waals surface area contributed by atoms with Crippen molar-refractivity contribution < 1.29 is 9.59 Å². The molecule has 0 aliphatic carbocycles. The molecule has 2 aromatic carbocycles. The van der Waals surface area contributed by atoms with E-state index < -0.39 is 11.9 Å². The van der Waals surface area contributed by atoms with Gasteiger partial charge in [0.2, 0.25) is 5.82 Å². The van der Waals surface area contributed by atoms with Gasteiger partial charge in [-0.15, -0.1) is 10.2 Å². The smallest absolute Gasteiger partial charge is 0.321 e. The molecule has 3 aromatic rings. The Bertz CT molecular complexity index is 907. The highest BCUT2D eigenvalue weighted by Crippen LogP contribution is 2.17. The molecule has 0 unspecified atom stereocenters. The lowest BCUT2D eigenvalue weighted by molar-refractivity contribution is -0.121. The third-order valence-electron chi connectivity index (χ3n) is 3.67. The molecule has 0 bridgehead atoms. The van der Waals surface area contributed by atoms with Crippen LogP contribution in [-0.4, -0.2) is 32.1 Å². The molecule has 132 valence electrons. The number of hydrogen-bond donors (Lipinski definition) is 2. The Morgan fingerprint density at radius 2 is 1.77 bits per heavy atom. The lowest BCUT2D eigenvalue weighted by Gasteiger charge is -2.06. The molecule has 3 amide bonds. The number of benzene rings is 2. The maximum Gasteiger partial charge on any atom is 0.321 e. The zero-order valence-corrected chi connectivity index (χ0v) is 14.2. The number of aromatic nitrogens is 4. The summed E-state index contributed by atoms with van der Waals surface area (Å²) in [4.78, 5) is 24.9. The first-order chi connectivity index (χ1) is 12.6. The van der Waals surface area contributed by atoms with E-state index in [1.54, 1.807) is 0 Å². The van der Waals surface area contributed by atoms with E-state index in [9.17, 15) is 9.59 Å². The Morgan fingerprint density at radius 1 is 1.04 bits per heavy atom. The third kappa shape index (κ3) is 4.50. The molecule has 0 atom stereocenters. The number of aryl methyl sites for hydroxylation is 1. The molecule has 0 aliphatic heterocycles. The Kier molecular flexibility index (Phi) is 5.33. The Morgan fingerprint density at radius 3 is 2.54 bits per heavy atom. The molecule has 0 saturated heterocycles. The summed E-state index contributed by atoms with van der Waals surface area (Å²) >= 11 is 0. The summed E-state index contributed by atoms with van der Waals surface area (Å²) in [5, 5.41) is 16.9. The van der Waals surface area contributed by atoms with Gasteiger partial charge in [0.05, 0.1) is 0 Å². The van der Waals surface area contributed by atoms with Gasteiger partial charge in [-0.05, 0) is 23.3 Å². The van der Waals surface area contributed by atoms with Gasteiger partial charge in [0.25, 0.3) is 5.91 Å². The van der Waals surface area contributed by atoms with Crippen LogP contribution in [0.3, 0.4) is 0 Å². The summed E-state index contributed by atoms with van der Waals surface area (Å²) in [6.45, 7) is 2.08. The summed E-state index contributed by atoms with van der Waals surface area (Å²) < 4.78 is 0. The van der Waals surface area contributed by atoms with Crippen molar-refractivity contribution in [2.75, 3.05) is 0 Å². The Hall–Kier alpha value is -3.55. The Labute approximate surface area is 150 Å². The van der Waals surface area contributed by atoms with Crippen LogP contribution in [-0.2, 0) is 17.9 Å². The van der Waals surface area contributed by atoms with Gasteiger partial charge in [-0.1, -0.05) is 54.6 Å². The second-order valence-corrected chi connectivity index (χ2v) is 5.67. The van der Waals surface area contributed by atoms with Gasteiger partial charge in [0, 0.05) is 12.1 Å². The summed E-state index contributed by atoms with van der Waals surface area (Å²) in [6, 6.07) is 16.5. The molecule has 0 saturated carbocycles. The lowest BCUT2D eigenvalue weighted by Crippen LogP contribution is -2.40. The highest BCUT2D eigenvalue weighted by Gasteiger charge is 2.12. The lowest BCUT2D eigenvalue weighted by atomic mass is 10.1. The number of carbonyl (C=O) groups is 2. The highest BCUT2D eigenvalue weighted by atomic mass is 16.2. The van der Waals surface area contributed by atoms with E-state index in [4.69, 9.17) is 0 Å². The van der Waals surface area contributed by atoms with Gasteiger partial charge in [-0.2, -0.15) is 4.80 Å². The molecule has 0 aliphatic rings. The molecule has 26 heavy (non-hydrogen) atoms. The summed E-state index contributed by atoms with van der Waals surface area (Å²) in [7, 11) is 0. The molecule has 0 fully saturated rings. The molecule has 8 nitrogen and oxygen atoms in total. The minimum Gasteiger partial charge on any atom is -0.334 e. The van der Waals surface area contributed by atoms with Crippen LogP contribution >= 0.6 is 0 Å². The second kappa shape index (κ2) is 8.02. The molecule has 0 spiro atoms. The van der Waals surface area contributed by atoms with Crippen LogP contribution in [0.1, 0.15) is 11.1 Å². The zero-order chi connectivity index (χ0) is 18.4. The summed E-state index contributed by atoms with van der Waals surface area (Å²) in [5.74, 6) is -0.0891. The van der Waals surface area contributed by atoms with E-state index >= 15 is 0 Å². The predicted octanol–water partition coefficient (Wildman–Crippen LogP) is 1.67. The van der Waals surface area contributed by atoms with Crippen molar-refractivity contribution in [3.05, 3.63) is 65.7 Å². The number of urea groups is 1. The molecular weight excluding hydrogens is 332 g/mol. The first-order valence-electron chi connectivity index (χ1n) is 8.07. The molecule has 1 aromatic heterocycles. The molecule has 8 heteroatoms.